The van der Waals surface area contributed by atoms with Crippen LogP contribution in [0.25, 0.3) is 0 Å². The van der Waals surface area contributed by atoms with E-state index in [0.717, 1.165) is 12.0 Å². The van der Waals surface area contributed by atoms with Crippen molar-refractivity contribution in [3.8, 4) is 0 Å². The van der Waals surface area contributed by atoms with E-state index in [-0.39, 0.29) is 16.0 Å². The molecule has 1 heterocycles. The van der Waals surface area contributed by atoms with Crippen LogP contribution in [0.15, 0.2) is 35.7 Å². The van der Waals surface area contributed by atoms with Gasteiger partial charge in [-0.2, -0.15) is 0 Å². The van der Waals surface area contributed by atoms with Crippen LogP contribution in [0.4, 0.5) is 5.00 Å². The van der Waals surface area contributed by atoms with Gasteiger partial charge in [-0.05, 0) is 24.5 Å². The van der Waals surface area contributed by atoms with E-state index in [2.05, 4.69) is 43.4 Å². The quantitative estimate of drug-likeness (QED) is 0.640. The monoisotopic (exact) mass is 290 g/mol. The summed E-state index contributed by atoms with van der Waals surface area (Å²) in [7, 11) is 0. The minimum atomic E-state index is -0.342. The van der Waals surface area contributed by atoms with Gasteiger partial charge in [-0.15, -0.1) is 0 Å². The molecule has 0 aliphatic heterocycles. The highest BCUT2D eigenvalue weighted by Crippen LogP contribution is 2.24. The van der Waals surface area contributed by atoms with Crippen molar-refractivity contribution in [3.05, 3.63) is 62.5 Å². The van der Waals surface area contributed by atoms with Gasteiger partial charge in [-0.25, -0.2) is 0 Å². The van der Waals surface area contributed by atoms with E-state index in [9.17, 15) is 10.1 Å². The Hall–Kier alpha value is -1.72. The fourth-order valence-corrected chi connectivity index (χ4v) is 2.82. The van der Waals surface area contributed by atoms with Crippen molar-refractivity contribution >= 4 is 16.3 Å². The van der Waals surface area contributed by atoms with Crippen molar-refractivity contribution < 1.29 is 4.92 Å². The van der Waals surface area contributed by atoms with Crippen molar-refractivity contribution in [3.63, 3.8) is 0 Å². The Kier molecular flexibility index (Phi) is 4.87. The summed E-state index contributed by atoms with van der Waals surface area (Å²) in [6.07, 6.45) is 0.981. The number of thiophene rings is 1. The molecule has 0 bridgehead atoms. The molecular weight excluding hydrogens is 272 g/mol. The molecular formula is C15H18N2O2S. The third kappa shape index (κ3) is 3.65. The number of nitrogens with zero attached hydrogens (tertiary/aromatic N) is 1. The summed E-state index contributed by atoms with van der Waals surface area (Å²) in [5, 5.41) is 16.2. The third-order valence-electron chi connectivity index (χ3n) is 3.26. The first-order chi connectivity index (χ1) is 9.60. The molecule has 0 saturated heterocycles. The molecule has 106 valence electrons. The normalized spacial score (nSPS) is 12.3. The maximum Gasteiger partial charge on any atom is 0.324 e. The zero-order chi connectivity index (χ0) is 14.5. The van der Waals surface area contributed by atoms with Crippen LogP contribution in [0, 0.1) is 17.0 Å². The standard InChI is InChI=1S/C15H18N2O2S/c1-3-14(13-6-4-11(2)5-7-13)16-9-12-8-15(17(18)19)20-10-12/h4-8,10,14,16H,3,9H2,1-2H3. The average molecular weight is 290 g/mol. The van der Waals surface area contributed by atoms with Crippen LogP contribution in [0.5, 0.6) is 0 Å². The molecule has 0 aliphatic carbocycles. The van der Waals surface area contributed by atoms with Crippen LogP contribution in [0.3, 0.4) is 0 Å². The van der Waals surface area contributed by atoms with Gasteiger partial charge in [-0.1, -0.05) is 48.1 Å². The van der Waals surface area contributed by atoms with E-state index >= 15 is 0 Å². The van der Waals surface area contributed by atoms with Crippen molar-refractivity contribution in [1.82, 2.24) is 5.32 Å². The van der Waals surface area contributed by atoms with Crippen LogP contribution in [-0.2, 0) is 6.54 Å². The first-order valence-corrected chi connectivity index (χ1v) is 7.50. The Morgan fingerprint density at radius 2 is 2.05 bits per heavy atom. The molecule has 0 spiro atoms. The minimum absolute atomic E-state index is 0.199. The lowest BCUT2D eigenvalue weighted by Gasteiger charge is -2.17. The zero-order valence-corrected chi connectivity index (χ0v) is 12.4. The summed E-state index contributed by atoms with van der Waals surface area (Å²) in [5.74, 6) is 0. The molecule has 0 amide bonds. The maximum atomic E-state index is 10.7. The number of nitro groups is 1. The largest absolute Gasteiger partial charge is 0.324 e. The molecule has 1 unspecified atom stereocenters. The predicted octanol–water partition coefficient (Wildman–Crippen LogP) is 4.21. The first kappa shape index (κ1) is 14.7. The Labute approximate surface area is 122 Å². The molecule has 1 aromatic heterocycles. The fourth-order valence-electron chi connectivity index (χ4n) is 2.09. The average Bonchev–Trinajstić information content (AvgIpc) is 2.90. The number of benzene rings is 1. The van der Waals surface area contributed by atoms with Gasteiger partial charge in [0.25, 0.3) is 0 Å². The Bertz CT molecular complexity index is 578. The molecule has 1 N–H and O–H groups in total. The van der Waals surface area contributed by atoms with Crippen molar-refractivity contribution in [2.45, 2.75) is 32.9 Å². The van der Waals surface area contributed by atoms with Gasteiger partial charge in [0.2, 0.25) is 0 Å². The van der Waals surface area contributed by atoms with Gasteiger partial charge in [0.15, 0.2) is 0 Å². The Morgan fingerprint density at radius 1 is 1.35 bits per heavy atom. The molecule has 0 aliphatic rings. The molecule has 0 saturated carbocycles. The number of rotatable bonds is 6. The lowest BCUT2D eigenvalue weighted by atomic mass is 10.0. The lowest BCUT2D eigenvalue weighted by molar-refractivity contribution is -0.380. The van der Waals surface area contributed by atoms with E-state index in [1.807, 2.05) is 5.38 Å². The second kappa shape index (κ2) is 6.63. The highest BCUT2D eigenvalue weighted by molar-refractivity contribution is 7.13. The highest BCUT2D eigenvalue weighted by Gasteiger charge is 2.12. The third-order valence-corrected chi connectivity index (χ3v) is 4.19. The molecule has 20 heavy (non-hydrogen) atoms. The van der Waals surface area contributed by atoms with E-state index in [4.69, 9.17) is 0 Å². The SMILES string of the molecule is CCC(NCc1csc([N+](=O)[O-])c1)c1ccc(C)cc1. The fraction of sp³-hybridized carbons (Fsp3) is 0.333. The van der Waals surface area contributed by atoms with E-state index in [0.29, 0.717) is 6.54 Å². The maximum absolute atomic E-state index is 10.7. The van der Waals surface area contributed by atoms with Crippen LogP contribution >= 0.6 is 11.3 Å². The second-order valence-corrected chi connectivity index (χ2v) is 5.69. The minimum Gasteiger partial charge on any atom is -0.306 e. The molecule has 2 aromatic rings. The lowest BCUT2D eigenvalue weighted by Crippen LogP contribution is -2.19. The van der Waals surface area contributed by atoms with E-state index in [1.54, 1.807) is 6.07 Å². The molecule has 0 radical (unpaired) electrons. The van der Waals surface area contributed by atoms with Crippen LogP contribution in [0.1, 0.15) is 36.1 Å². The summed E-state index contributed by atoms with van der Waals surface area (Å²) in [6.45, 7) is 4.85. The van der Waals surface area contributed by atoms with Crippen LogP contribution < -0.4 is 5.32 Å². The summed E-state index contributed by atoms with van der Waals surface area (Å²) >= 11 is 1.18. The molecule has 1 atom stereocenters. The predicted molar refractivity (Wildman–Crippen MR) is 82.0 cm³/mol. The van der Waals surface area contributed by atoms with Crippen LogP contribution in [0.2, 0.25) is 0 Å². The van der Waals surface area contributed by atoms with Gasteiger partial charge >= 0.3 is 5.00 Å². The van der Waals surface area contributed by atoms with Gasteiger partial charge < -0.3 is 5.32 Å². The van der Waals surface area contributed by atoms with E-state index in [1.165, 1.54) is 22.5 Å². The van der Waals surface area contributed by atoms with E-state index < -0.39 is 0 Å². The summed E-state index contributed by atoms with van der Waals surface area (Å²) in [6, 6.07) is 10.4. The Balaban J connectivity index is 1.99. The van der Waals surface area contributed by atoms with Crippen LogP contribution in [-0.4, -0.2) is 4.92 Å². The summed E-state index contributed by atoms with van der Waals surface area (Å²) in [4.78, 5) is 10.3. The summed E-state index contributed by atoms with van der Waals surface area (Å²) < 4.78 is 0. The first-order valence-electron chi connectivity index (χ1n) is 6.62. The van der Waals surface area contributed by atoms with Gasteiger partial charge in [0, 0.05) is 24.0 Å². The number of nitrogens with one attached hydrogen (secondary N) is 1. The Morgan fingerprint density at radius 3 is 2.60 bits per heavy atom. The van der Waals surface area contributed by atoms with Gasteiger partial charge in [0.1, 0.15) is 0 Å². The topological polar surface area (TPSA) is 55.2 Å². The van der Waals surface area contributed by atoms with Gasteiger partial charge in [0.05, 0.1) is 4.92 Å². The van der Waals surface area contributed by atoms with Crippen molar-refractivity contribution in [2.24, 2.45) is 0 Å². The number of hydrogen-bond acceptors (Lipinski definition) is 4. The highest BCUT2D eigenvalue weighted by atomic mass is 32.1. The smallest absolute Gasteiger partial charge is 0.306 e. The molecule has 1 aromatic carbocycles. The molecule has 5 heteroatoms. The molecule has 2 rings (SSSR count). The second-order valence-electron chi connectivity index (χ2n) is 4.80. The molecule has 0 fully saturated rings. The zero-order valence-electron chi connectivity index (χ0n) is 11.6. The summed E-state index contributed by atoms with van der Waals surface area (Å²) in [5.41, 5.74) is 3.46. The number of hydrogen-bond donors (Lipinski definition) is 1. The van der Waals surface area contributed by atoms with Gasteiger partial charge in [-0.3, -0.25) is 10.1 Å². The molecule has 4 nitrogen and oxygen atoms in total. The van der Waals surface area contributed by atoms with Crippen molar-refractivity contribution in [2.75, 3.05) is 0 Å². The number of aryl methyl sites for hydroxylation is 1. The van der Waals surface area contributed by atoms with Crippen molar-refractivity contribution in [1.29, 1.82) is 0 Å².